The lowest BCUT2D eigenvalue weighted by Gasteiger charge is -2.40. The van der Waals surface area contributed by atoms with Gasteiger partial charge in [-0.15, -0.1) is 0 Å². The molecule has 1 N–H and O–H groups in total. The Kier molecular flexibility index (Phi) is 5.90. The van der Waals surface area contributed by atoms with Crippen molar-refractivity contribution in [1.82, 2.24) is 15.2 Å². The highest BCUT2D eigenvalue weighted by Crippen LogP contribution is 2.32. The average Bonchev–Trinajstić information content (AvgIpc) is 3.10. The third kappa shape index (κ3) is 4.83. The number of nitrogens with one attached hydrogen (secondary N) is 1. The number of rotatable bonds is 6. The zero-order valence-electron chi connectivity index (χ0n) is 16.9. The van der Waals surface area contributed by atoms with Gasteiger partial charge >= 0.3 is 6.09 Å². The van der Waals surface area contributed by atoms with E-state index in [0.717, 1.165) is 17.4 Å². The molecule has 0 saturated carbocycles. The van der Waals surface area contributed by atoms with Gasteiger partial charge in [-0.1, -0.05) is 35.9 Å². The second-order valence-electron chi connectivity index (χ2n) is 7.87. The van der Waals surface area contributed by atoms with E-state index in [1.54, 1.807) is 4.90 Å². The van der Waals surface area contributed by atoms with Gasteiger partial charge in [-0.05, 0) is 23.6 Å². The number of hydrogen-bond acceptors (Lipinski definition) is 6. The van der Waals surface area contributed by atoms with Crippen molar-refractivity contribution in [3.8, 4) is 11.1 Å². The topological polar surface area (TPSA) is 106 Å². The lowest BCUT2D eigenvalue weighted by molar-refractivity contribution is -0.135. The van der Waals surface area contributed by atoms with Crippen LogP contribution in [0.15, 0.2) is 41.4 Å². The Hall–Kier alpha value is -2.65. The van der Waals surface area contributed by atoms with Crippen molar-refractivity contribution in [2.45, 2.75) is 29.7 Å². The molecule has 0 aliphatic carbocycles. The summed E-state index contributed by atoms with van der Waals surface area (Å²) in [6.07, 6.45) is 3.12. The first-order chi connectivity index (χ1) is 14.7. The molecule has 0 spiro atoms. The van der Waals surface area contributed by atoms with Crippen LogP contribution < -0.4 is 5.32 Å². The quantitative estimate of drug-likeness (QED) is 0.660. The minimum Gasteiger partial charge on any atom is -0.447 e. The number of alkyl carbamates (subject to hydrolysis) is 1. The number of pyridine rings is 1. The van der Waals surface area contributed by atoms with Gasteiger partial charge in [-0.25, -0.2) is 18.2 Å². The molecule has 2 aliphatic rings. The maximum atomic E-state index is 12.3. The first kappa shape index (κ1) is 21.6. The highest BCUT2D eigenvalue weighted by molar-refractivity contribution is 7.90. The van der Waals surface area contributed by atoms with E-state index in [4.69, 9.17) is 16.3 Å². The Labute approximate surface area is 185 Å². The fourth-order valence-corrected chi connectivity index (χ4v) is 4.92. The smallest absolute Gasteiger partial charge is 0.407 e. The molecule has 2 aromatic rings. The summed E-state index contributed by atoms with van der Waals surface area (Å²) in [4.78, 5) is 29.3. The molecule has 0 unspecified atom stereocenters. The molecule has 8 nitrogen and oxygen atoms in total. The number of amides is 2. The minimum atomic E-state index is -3.46. The second kappa shape index (κ2) is 8.47. The maximum absolute atomic E-state index is 12.3. The third-order valence-electron chi connectivity index (χ3n) is 5.60. The van der Waals surface area contributed by atoms with Crippen LogP contribution in [0, 0.1) is 0 Å². The third-order valence-corrected chi connectivity index (χ3v) is 6.95. The number of nitrogens with zero attached hydrogens (tertiary/aromatic N) is 2. The van der Waals surface area contributed by atoms with Crippen molar-refractivity contribution in [3.05, 3.63) is 47.2 Å². The predicted molar refractivity (Wildman–Crippen MR) is 115 cm³/mol. The Morgan fingerprint density at radius 2 is 2.00 bits per heavy atom. The van der Waals surface area contributed by atoms with E-state index < -0.39 is 15.9 Å². The van der Waals surface area contributed by atoms with Crippen molar-refractivity contribution >= 4 is 33.4 Å². The van der Waals surface area contributed by atoms with E-state index in [1.165, 1.54) is 12.3 Å². The van der Waals surface area contributed by atoms with Crippen LogP contribution in [-0.2, 0) is 19.4 Å². The van der Waals surface area contributed by atoms with Crippen molar-refractivity contribution in [2.24, 2.45) is 0 Å². The molecule has 2 amide bonds. The van der Waals surface area contributed by atoms with Gasteiger partial charge in [0.1, 0.15) is 11.8 Å². The monoisotopic (exact) mass is 463 g/mol. The van der Waals surface area contributed by atoms with Gasteiger partial charge in [-0.3, -0.25) is 4.79 Å². The molecule has 2 aliphatic heterocycles. The molecule has 164 valence electrons. The number of halogens is 1. The molecular formula is C21H22ClN3O5S. The fourth-order valence-electron chi connectivity index (χ4n) is 3.80. The van der Waals surface area contributed by atoms with Crippen LogP contribution >= 0.6 is 11.6 Å². The summed E-state index contributed by atoms with van der Waals surface area (Å²) in [7, 11) is -3.46. The fraction of sp³-hybridized carbons (Fsp3) is 0.381. The van der Waals surface area contributed by atoms with E-state index in [-0.39, 0.29) is 27.9 Å². The Morgan fingerprint density at radius 3 is 2.61 bits per heavy atom. The van der Waals surface area contributed by atoms with Gasteiger partial charge in [0.2, 0.25) is 5.91 Å². The molecule has 31 heavy (non-hydrogen) atoms. The van der Waals surface area contributed by atoms with Crippen LogP contribution in [-0.4, -0.2) is 62.3 Å². The molecule has 1 atom stereocenters. The standard InChI is InChI=1S/C21H22ClN3O5S/c1-31(28,29)18-8-19(22)23-9-17(18)14-4-2-13(3-5-14)15-10-25(11-15)20(26)7-6-16-12-30-21(27)24-16/h2-5,8-9,15-16H,6-7,10-12H2,1H3,(H,24,27)/t16-/m1/s1. The molecule has 10 heteroatoms. The maximum Gasteiger partial charge on any atom is 0.407 e. The summed E-state index contributed by atoms with van der Waals surface area (Å²) in [6, 6.07) is 8.89. The lowest BCUT2D eigenvalue weighted by atomic mass is 9.90. The molecule has 2 fully saturated rings. The number of hydrogen-bond donors (Lipinski definition) is 1. The number of benzene rings is 1. The number of carbonyl (C=O) groups excluding carboxylic acids is 2. The number of likely N-dealkylation sites (tertiary alicyclic amines) is 1. The summed E-state index contributed by atoms with van der Waals surface area (Å²) in [5.41, 5.74) is 2.33. The van der Waals surface area contributed by atoms with Crippen LogP contribution in [0.3, 0.4) is 0 Å². The number of aromatic nitrogens is 1. The molecular weight excluding hydrogens is 442 g/mol. The second-order valence-corrected chi connectivity index (χ2v) is 10.2. The lowest BCUT2D eigenvalue weighted by Crippen LogP contribution is -2.48. The normalized spacial score (nSPS) is 19.0. The van der Waals surface area contributed by atoms with Crippen LogP contribution in [0.4, 0.5) is 4.79 Å². The summed E-state index contributed by atoms with van der Waals surface area (Å²) >= 11 is 5.88. The first-order valence-electron chi connectivity index (χ1n) is 9.87. The van der Waals surface area contributed by atoms with E-state index in [9.17, 15) is 18.0 Å². The van der Waals surface area contributed by atoms with Crippen molar-refractivity contribution in [3.63, 3.8) is 0 Å². The summed E-state index contributed by atoms with van der Waals surface area (Å²) in [5.74, 6) is 0.310. The van der Waals surface area contributed by atoms with E-state index in [0.29, 0.717) is 38.1 Å². The molecule has 0 radical (unpaired) electrons. The highest BCUT2D eigenvalue weighted by Gasteiger charge is 2.32. The van der Waals surface area contributed by atoms with E-state index >= 15 is 0 Å². The zero-order chi connectivity index (χ0) is 22.2. The molecule has 0 bridgehead atoms. The van der Waals surface area contributed by atoms with Gasteiger partial charge in [0.15, 0.2) is 9.84 Å². The molecule has 4 rings (SSSR count). The van der Waals surface area contributed by atoms with E-state index in [2.05, 4.69) is 10.3 Å². The summed E-state index contributed by atoms with van der Waals surface area (Å²) < 4.78 is 29.1. The molecule has 3 heterocycles. The summed E-state index contributed by atoms with van der Waals surface area (Å²) in [6.45, 7) is 1.59. The van der Waals surface area contributed by atoms with Crippen LogP contribution in [0.5, 0.6) is 0 Å². The van der Waals surface area contributed by atoms with Gasteiger partial charge in [-0.2, -0.15) is 0 Å². The largest absolute Gasteiger partial charge is 0.447 e. The van der Waals surface area contributed by atoms with Crippen LogP contribution in [0.25, 0.3) is 11.1 Å². The number of cyclic esters (lactones) is 1. The van der Waals surface area contributed by atoms with Gasteiger partial charge in [0.25, 0.3) is 0 Å². The van der Waals surface area contributed by atoms with Crippen molar-refractivity contribution in [2.75, 3.05) is 26.0 Å². The highest BCUT2D eigenvalue weighted by atomic mass is 35.5. The zero-order valence-corrected chi connectivity index (χ0v) is 18.4. The average molecular weight is 464 g/mol. The van der Waals surface area contributed by atoms with Crippen LogP contribution in [0.1, 0.15) is 24.3 Å². The molecule has 1 aromatic carbocycles. The predicted octanol–water partition coefficient (Wildman–Crippen LogP) is 2.62. The Morgan fingerprint density at radius 1 is 1.29 bits per heavy atom. The number of ether oxygens (including phenoxy) is 1. The molecule has 2 saturated heterocycles. The van der Waals surface area contributed by atoms with Gasteiger partial charge in [0, 0.05) is 43.4 Å². The summed E-state index contributed by atoms with van der Waals surface area (Å²) in [5, 5.41) is 2.80. The SMILES string of the molecule is CS(=O)(=O)c1cc(Cl)ncc1-c1ccc(C2CN(C(=O)CC[C@@H]3COC(=O)N3)C2)cc1. The van der Waals surface area contributed by atoms with Gasteiger partial charge in [0.05, 0.1) is 10.9 Å². The van der Waals surface area contributed by atoms with Crippen LogP contribution in [0.2, 0.25) is 5.15 Å². The number of sulfone groups is 1. The number of carbonyl (C=O) groups is 2. The Bertz CT molecular complexity index is 1110. The van der Waals surface area contributed by atoms with Crippen molar-refractivity contribution < 1.29 is 22.7 Å². The first-order valence-corrected chi connectivity index (χ1v) is 12.1. The molecule has 1 aromatic heterocycles. The van der Waals surface area contributed by atoms with Crippen molar-refractivity contribution in [1.29, 1.82) is 0 Å². The van der Waals surface area contributed by atoms with Gasteiger partial charge < -0.3 is 15.0 Å². The van der Waals surface area contributed by atoms with E-state index in [1.807, 2.05) is 24.3 Å². The Balaban J connectivity index is 1.36. The minimum absolute atomic E-state index is 0.0686.